The molecule has 0 aromatic carbocycles. The molecule has 0 bridgehead atoms. The van der Waals surface area contributed by atoms with Crippen molar-refractivity contribution in [2.24, 2.45) is 11.7 Å². The third kappa shape index (κ3) is 4.40. The summed E-state index contributed by atoms with van der Waals surface area (Å²) in [4.78, 5) is 2.57. The van der Waals surface area contributed by atoms with E-state index in [-0.39, 0.29) is 0 Å². The maximum absolute atomic E-state index is 5.55. The molecule has 0 aromatic rings. The van der Waals surface area contributed by atoms with Crippen molar-refractivity contribution in [2.75, 3.05) is 32.7 Å². The molecule has 1 rings (SSSR count). The van der Waals surface area contributed by atoms with Crippen LogP contribution in [0.25, 0.3) is 0 Å². The molecule has 1 heterocycles. The van der Waals surface area contributed by atoms with E-state index in [4.69, 9.17) is 5.73 Å². The molecule has 1 aliphatic heterocycles. The van der Waals surface area contributed by atoms with E-state index in [0.717, 1.165) is 19.0 Å². The Morgan fingerprint density at radius 2 is 1.93 bits per heavy atom. The van der Waals surface area contributed by atoms with Crippen LogP contribution in [0.15, 0.2) is 0 Å². The molecule has 3 nitrogen and oxygen atoms in total. The van der Waals surface area contributed by atoms with E-state index in [1.165, 1.54) is 32.5 Å². The molecular weight excluding hydrogens is 174 g/mol. The highest BCUT2D eigenvalue weighted by atomic mass is 15.1. The van der Waals surface area contributed by atoms with Crippen molar-refractivity contribution < 1.29 is 0 Å². The predicted octanol–water partition coefficient (Wildman–Crippen LogP) is 0.655. The first-order valence-electron chi connectivity index (χ1n) is 5.88. The van der Waals surface area contributed by atoms with Crippen molar-refractivity contribution in [3.63, 3.8) is 0 Å². The van der Waals surface area contributed by atoms with E-state index in [1.807, 2.05) is 0 Å². The van der Waals surface area contributed by atoms with E-state index < -0.39 is 0 Å². The molecule has 0 saturated carbocycles. The van der Waals surface area contributed by atoms with Crippen LogP contribution in [0.3, 0.4) is 0 Å². The molecule has 14 heavy (non-hydrogen) atoms. The predicted molar refractivity (Wildman–Crippen MR) is 61.4 cm³/mol. The molecule has 2 atom stereocenters. The topological polar surface area (TPSA) is 41.3 Å². The molecule has 1 saturated heterocycles. The Kier molecular flexibility index (Phi) is 5.45. The fourth-order valence-corrected chi connectivity index (χ4v) is 1.96. The van der Waals surface area contributed by atoms with Gasteiger partial charge in [0.05, 0.1) is 0 Å². The smallest absolute Gasteiger partial charge is 0.0162 e. The van der Waals surface area contributed by atoms with Crippen molar-refractivity contribution in [3.8, 4) is 0 Å². The molecule has 1 aliphatic rings. The van der Waals surface area contributed by atoms with Crippen molar-refractivity contribution >= 4 is 0 Å². The van der Waals surface area contributed by atoms with E-state index in [9.17, 15) is 0 Å². The first-order chi connectivity index (χ1) is 6.72. The Hall–Kier alpha value is -0.120. The zero-order valence-electron chi connectivity index (χ0n) is 9.63. The molecule has 0 radical (unpaired) electrons. The standard InChI is InChI=1S/C11H25N3/c1-10(8-13-11(2)7-12)9-14-5-3-4-6-14/h10-11,13H,3-9,12H2,1-2H3. The SMILES string of the molecule is CC(CNC(C)CN)CN1CCCC1. The van der Waals surface area contributed by atoms with Crippen LogP contribution < -0.4 is 11.1 Å². The summed E-state index contributed by atoms with van der Waals surface area (Å²) < 4.78 is 0. The second-order valence-electron chi connectivity index (χ2n) is 4.66. The van der Waals surface area contributed by atoms with Crippen LogP contribution in [0.4, 0.5) is 0 Å². The lowest BCUT2D eigenvalue weighted by molar-refractivity contribution is 0.279. The number of likely N-dealkylation sites (tertiary alicyclic amines) is 1. The Labute approximate surface area is 88.0 Å². The van der Waals surface area contributed by atoms with Gasteiger partial charge in [-0.15, -0.1) is 0 Å². The number of hydrogen-bond donors (Lipinski definition) is 2. The minimum atomic E-state index is 0.455. The van der Waals surface area contributed by atoms with Crippen molar-refractivity contribution in [1.29, 1.82) is 0 Å². The molecule has 2 unspecified atom stereocenters. The average Bonchev–Trinajstić information content (AvgIpc) is 2.66. The lowest BCUT2D eigenvalue weighted by Crippen LogP contribution is -2.38. The third-order valence-electron chi connectivity index (χ3n) is 2.94. The summed E-state index contributed by atoms with van der Waals surface area (Å²) in [6.45, 7) is 10.1. The fourth-order valence-electron chi connectivity index (χ4n) is 1.96. The molecule has 0 aliphatic carbocycles. The van der Waals surface area contributed by atoms with E-state index >= 15 is 0 Å². The summed E-state index contributed by atoms with van der Waals surface area (Å²) >= 11 is 0. The van der Waals surface area contributed by atoms with Crippen LogP contribution in [0.1, 0.15) is 26.7 Å². The van der Waals surface area contributed by atoms with Gasteiger partial charge in [0.2, 0.25) is 0 Å². The molecule has 0 spiro atoms. The fraction of sp³-hybridized carbons (Fsp3) is 1.00. The number of nitrogens with two attached hydrogens (primary N) is 1. The van der Waals surface area contributed by atoms with E-state index in [2.05, 4.69) is 24.1 Å². The monoisotopic (exact) mass is 199 g/mol. The van der Waals surface area contributed by atoms with Crippen molar-refractivity contribution in [1.82, 2.24) is 10.2 Å². The molecule has 0 aromatic heterocycles. The van der Waals surface area contributed by atoms with Crippen LogP contribution in [0, 0.1) is 5.92 Å². The van der Waals surface area contributed by atoms with Gasteiger partial charge in [0.15, 0.2) is 0 Å². The van der Waals surface area contributed by atoms with Crippen LogP contribution >= 0.6 is 0 Å². The summed E-state index contributed by atoms with van der Waals surface area (Å²) in [7, 11) is 0. The average molecular weight is 199 g/mol. The normalized spacial score (nSPS) is 22.5. The lowest BCUT2D eigenvalue weighted by Gasteiger charge is -2.22. The van der Waals surface area contributed by atoms with Gasteiger partial charge in [-0.2, -0.15) is 0 Å². The minimum absolute atomic E-state index is 0.455. The van der Waals surface area contributed by atoms with E-state index in [0.29, 0.717) is 6.04 Å². The van der Waals surface area contributed by atoms with Gasteiger partial charge < -0.3 is 16.0 Å². The Balaban J connectivity index is 2.05. The van der Waals surface area contributed by atoms with Gasteiger partial charge in [0, 0.05) is 19.1 Å². The van der Waals surface area contributed by atoms with Gasteiger partial charge in [-0.25, -0.2) is 0 Å². The Bertz CT molecular complexity index is 143. The number of nitrogens with zero attached hydrogens (tertiary/aromatic N) is 1. The number of nitrogens with one attached hydrogen (secondary N) is 1. The van der Waals surface area contributed by atoms with Crippen molar-refractivity contribution in [3.05, 3.63) is 0 Å². The van der Waals surface area contributed by atoms with Crippen LogP contribution in [0.5, 0.6) is 0 Å². The summed E-state index contributed by atoms with van der Waals surface area (Å²) in [6.07, 6.45) is 2.78. The van der Waals surface area contributed by atoms with Crippen LogP contribution in [-0.4, -0.2) is 43.7 Å². The second-order valence-corrected chi connectivity index (χ2v) is 4.66. The highest BCUT2D eigenvalue weighted by Gasteiger charge is 2.14. The van der Waals surface area contributed by atoms with Crippen LogP contribution in [0.2, 0.25) is 0 Å². The highest BCUT2D eigenvalue weighted by molar-refractivity contribution is 4.71. The van der Waals surface area contributed by atoms with Crippen molar-refractivity contribution in [2.45, 2.75) is 32.7 Å². The third-order valence-corrected chi connectivity index (χ3v) is 2.94. The maximum atomic E-state index is 5.55. The molecule has 3 N–H and O–H groups in total. The zero-order chi connectivity index (χ0) is 10.4. The number of hydrogen-bond acceptors (Lipinski definition) is 3. The quantitative estimate of drug-likeness (QED) is 0.660. The van der Waals surface area contributed by atoms with E-state index in [1.54, 1.807) is 0 Å². The van der Waals surface area contributed by atoms with Crippen LogP contribution in [-0.2, 0) is 0 Å². The molecule has 0 amide bonds. The first-order valence-corrected chi connectivity index (χ1v) is 5.88. The second kappa shape index (κ2) is 6.38. The Morgan fingerprint density at radius 1 is 1.29 bits per heavy atom. The van der Waals surface area contributed by atoms with Gasteiger partial charge in [-0.05, 0) is 45.3 Å². The first kappa shape index (κ1) is 12.0. The largest absolute Gasteiger partial charge is 0.329 e. The van der Waals surface area contributed by atoms with Gasteiger partial charge in [-0.3, -0.25) is 0 Å². The highest BCUT2D eigenvalue weighted by Crippen LogP contribution is 2.09. The summed E-state index contributed by atoms with van der Waals surface area (Å²) in [5.74, 6) is 0.738. The maximum Gasteiger partial charge on any atom is 0.0162 e. The Morgan fingerprint density at radius 3 is 2.50 bits per heavy atom. The number of rotatable bonds is 6. The summed E-state index contributed by atoms with van der Waals surface area (Å²) in [6, 6.07) is 0.455. The minimum Gasteiger partial charge on any atom is -0.329 e. The zero-order valence-corrected chi connectivity index (χ0v) is 9.63. The van der Waals surface area contributed by atoms with Gasteiger partial charge in [0.25, 0.3) is 0 Å². The molecule has 1 fully saturated rings. The van der Waals surface area contributed by atoms with Gasteiger partial charge in [-0.1, -0.05) is 6.92 Å². The molecular formula is C11H25N3. The lowest BCUT2D eigenvalue weighted by atomic mass is 10.1. The van der Waals surface area contributed by atoms with Gasteiger partial charge >= 0.3 is 0 Å². The van der Waals surface area contributed by atoms with Gasteiger partial charge in [0.1, 0.15) is 0 Å². The molecule has 84 valence electrons. The summed E-state index contributed by atoms with van der Waals surface area (Å²) in [5, 5.41) is 3.45. The summed E-state index contributed by atoms with van der Waals surface area (Å²) in [5.41, 5.74) is 5.55. The molecule has 3 heteroatoms.